The fraction of sp³-hybridized carbons (Fsp3) is 0.611. The molecule has 2 rings (SSSR count). The summed E-state index contributed by atoms with van der Waals surface area (Å²) in [5.74, 6) is 0.0821. The Morgan fingerprint density at radius 3 is 2.48 bits per heavy atom. The number of benzene rings is 1. The normalized spacial score (nSPS) is 16.7. The monoisotopic (exact) mass is 388 g/mol. The van der Waals surface area contributed by atoms with E-state index < -0.39 is 9.84 Å². The summed E-state index contributed by atoms with van der Waals surface area (Å²) in [4.78, 5) is 12.8. The van der Waals surface area contributed by atoms with Gasteiger partial charge in [-0.2, -0.15) is 0 Å². The van der Waals surface area contributed by atoms with E-state index in [1.54, 1.807) is 18.2 Å². The molecule has 1 amide bonds. The van der Waals surface area contributed by atoms with E-state index in [9.17, 15) is 13.2 Å². The summed E-state index contributed by atoms with van der Waals surface area (Å²) in [6, 6.07) is 6.34. The second-order valence-corrected chi connectivity index (χ2v) is 8.61. The molecule has 0 radical (unpaired) electrons. The molecule has 1 aromatic rings. The molecule has 0 heterocycles. The van der Waals surface area contributed by atoms with Gasteiger partial charge >= 0.3 is 0 Å². The molecule has 0 bridgehead atoms. The predicted octanol–water partition coefficient (Wildman–Crippen LogP) is 2.93. The summed E-state index contributed by atoms with van der Waals surface area (Å²) >= 11 is 0. The summed E-state index contributed by atoms with van der Waals surface area (Å²) in [6.07, 6.45) is 6.22. The van der Waals surface area contributed by atoms with Crippen molar-refractivity contribution in [1.29, 1.82) is 0 Å². The first-order chi connectivity index (χ1) is 11.5. The molecule has 1 aliphatic carbocycles. The largest absolute Gasteiger partial charge is 0.348 e. The van der Waals surface area contributed by atoms with Crippen LogP contribution in [0.1, 0.15) is 55.8 Å². The first-order valence-corrected chi connectivity index (χ1v) is 10.5. The number of sulfone groups is 1. The molecule has 0 saturated heterocycles. The average molecular weight is 389 g/mol. The number of hydrogen-bond acceptors (Lipinski definition) is 4. The molecule has 1 fully saturated rings. The molecular weight excluding hydrogens is 360 g/mol. The lowest BCUT2D eigenvalue weighted by Crippen LogP contribution is -2.46. The van der Waals surface area contributed by atoms with Gasteiger partial charge in [0, 0.05) is 12.6 Å². The van der Waals surface area contributed by atoms with Crippen LogP contribution >= 0.6 is 12.4 Å². The van der Waals surface area contributed by atoms with Crippen LogP contribution in [0.3, 0.4) is 0 Å². The lowest BCUT2D eigenvalue weighted by molar-refractivity contribution is 0.0912. The zero-order valence-electron chi connectivity index (χ0n) is 14.7. The molecule has 7 heteroatoms. The van der Waals surface area contributed by atoms with Crippen molar-refractivity contribution in [3.63, 3.8) is 0 Å². The van der Waals surface area contributed by atoms with E-state index in [2.05, 4.69) is 5.32 Å². The summed E-state index contributed by atoms with van der Waals surface area (Å²) in [5.41, 5.74) is 6.09. The van der Waals surface area contributed by atoms with Crippen LogP contribution in [0.25, 0.3) is 0 Å². The van der Waals surface area contributed by atoms with Gasteiger partial charge in [0.1, 0.15) is 0 Å². The molecule has 142 valence electrons. The number of carbonyl (C=O) groups excluding carboxylic acids is 1. The minimum Gasteiger partial charge on any atom is -0.348 e. The van der Waals surface area contributed by atoms with Crippen LogP contribution in [-0.4, -0.2) is 32.7 Å². The molecule has 25 heavy (non-hydrogen) atoms. The van der Waals surface area contributed by atoms with E-state index in [1.807, 2.05) is 6.92 Å². The second-order valence-electron chi connectivity index (χ2n) is 6.53. The zero-order valence-corrected chi connectivity index (χ0v) is 16.4. The quantitative estimate of drug-likeness (QED) is 0.751. The summed E-state index contributed by atoms with van der Waals surface area (Å²) < 4.78 is 24.8. The van der Waals surface area contributed by atoms with Crippen molar-refractivity contribution in [2.75, 3.05) is 12.3 Å². The first kappa shape index (κ1) is 21.9. The summed E-state index contributed by atoms with van der Waals surface area (Å²) in [6.45, 7) is 2.19. The van der Waals surface area contributed by atoms with E-state index >= 15 is 0 Å². The number of rotatable bonds is 7. The van der Waals surface area contributed by atoms with Crippen molar-refractivity contribution in [3.8, 4) is 0 Å². The second kappa shape index (κ2) is 10.1. The fourth-order valence-corrected chi connectivity index (χ4v) is 5.00. The van der Waals surface area contributed by atoms with Gasteiger partial charge in [0.15, 0.2) is 9.84 Å². The number of hydrogen-bond donors (Lipinski definition) is 2. The molecule has 1 atom stereocenters. The van der Waals surface area contributed by atoms with Gasteiger partial charge in [-0.25, -0.2) is 8.42 Å². The predicted molar refractivity (Wildman–Crippen MR) is 103 cm³/mol. The Hall–Kier alpha value is -1.11. The molecule has 3 N–H and O–H groups in total. The highest BCUT2D eigenvalue weighted by molar-refractivity contribution is 7.91. The lowest BCUT2D eigenvalue weighted by atomic mass is 9.84. The van der Waals surface area contributed by atoms with E-state index in [4.69, 9.17) is 5.73 Å². The van der Waals surface area contributed by atoms with E-state index in [1.165, 1.54) is 25.3 Å². The van der Waals surface area contributed by atoms with Crippen LogP contribution < -0.4 is 11.1 Å². The number of nitrogens with two attached hydrogens (primary N) is 1. The summed E-state index contributed by atoms with van der Waals surface area (Å²) in [7, 11) is -3.45. The Kier molecular flexibility index (Phi) is 8.89. The smallest absolute Gasteiger partial charge is 0.252 e. The van der Waals surface area contributed by atoms with Gasteiger partial charge in [-0.1, -0.05) is 38.3 Å². The lowest BCUT2D eigenvalue weighted by Gasteiger charge is -2.30. The Labute approximate surface area is 157 Å². The van der Waals surface area contributed by atoms with Crippen LogP contribution in [0.15, 0.2) is 29.2 Å². The third-order valence-corrected chi connectivity index (χ3v) is 6.70. The average Bonchev–Trinajstić information content (AvgIpc) is 2.60. The van der Waals surface area contributed by atoms with Gasteiger partial charge < -0.3 is 11.1 Å². The molecule has 1 saturated carbocycles. The molecule has 1 unspecified atom stereocenters. The Bertz CT molecular complexity index is 658. The van der Waals surface area contributed by atoms with Gasteiger partial charge in [-0.15, -0.1) is 12.4 Å². The van der Waals surface area contributed by atoms with Crippen LogP contribution in [0.4, 0.5) is 0 Å². The molecule has 0 aromatic heterocycles. The Morgan fingerprint density at radius 1 is 1.24 bits per heavy atom. The van der Waals surface area contributed by atoms with Crippen LogP contribution in [0.2, 0.25) is 0 Å². The van der Waals surface area contributed by atoms with Crippen LogP contribution in [0, 0.1) is 5.92 Å². The highest BCUT2D eigenvalue weighted by atomic mass is 35.5. The van der Waals surface area contributed by atoms with Gasteiger partial charge in [0.25, 0.3) is 5.91 Å². The number of nitrogens with one attached hydrogen (secondary N) is 1. The third-order valence-electron chi connectivity index (χ3n) is 4.73. The van der Waals surface area contributed by atoms with Gasteiger partial charge in [-0.05, 0) is 37.3 Å². The third kappa shape index (κ3) is 5.69. The highest BCUT2D eigenvalue weighted by Gasteiger charge is 2.27. The van der Waals surface area contributed by atoms with Gasteiger partial charge in [0.2, 0.25) is 0 Å². The van der Waals surface area contributed by atoms with Gasteiger partial charge in [0.05, 0.1) is 16.2 Å². The van der Waals surface area contributed by atoms with E-state index in [0.717, 1.165) is 12.8 Å². The zero-order chi connectivity index (χ0) is 17.6. The number of amides is 1. The first-order valence-electron chi connectivity index (χ1n) is 8.82. The topological polar surface area (TPSA) is 89.3 Å². The molecular formula is C18H29ClN2O3S. The minimum atomic E-state index is -3.45. The molecule has 5 nitrogen and oxygen atoms in total. The van der Waals surface area contributed by atoms with Crippen molar-refractivity contribution in [2.24, 2.45) is 11.7 Å². The van der Waals surface area contributed by atoms with Gasteiger partial charge in [-0.3, -0.25) is 4.79 Å². The highest BCUT2D eigenvalue weighted by Crippen LogP contribution is 2.26. The SMILES string of the molecule is CCCS(=O)(=O)c1ccccc1C(=O)NC(CN)C1CCCCC1.Cl. The Balaban J connectivity index is 0.00000312. The molecule has 1 aromatic carbocycles. The maximum atomic E-state index is 12.7. The maximum Gasteiger partial charge on any atom is 0.252 e. The summed E-state index contributed by atoms with van der Waals surface area (Å²) in [5, 5.41) is 2.98. The standard InChI is InChI=1S/C18H28N2O3S.ClH/c1-2-12-24(22,23)17-11-7-6-10-15(17)18(21)20-16(13-19)14-8-4-3-5-9-14;/h6-7,10-11,14,16H,2-5,8-9,12-13,19H2,1H3,(H,20,21);1H. The van der Waals surface area contributed by atoms with Crippen molar-refractivity contribution in [1.82, 2.24) is 5.32 Å². The molecule has 0 spiro atoms. The van der Waals surface area contributed by atoms with Crippen molar-refractivity contribution >= 4 is 28.2 Å². The minimum absolute atomic E-state index is 0. The number of carbonyl (C=O) groups is 1. The molecule has 0 aliphatic heterocycles. The Morgan fingerprint density at radius 2 is 1.88 bits per heavy atom. The fourth-order valence-electron chi connectivity index (χ4n) is 3.46. The number of halogens is 1. The van der Waals surface area contributed by atoms with Crippen molar-refractivity contribution in [2.45, 2.75) is 56.4 Å². The van der Waals surface area contributed by atoms with E-state index in [0.29, 0.717) is 18.9 Å². The van der Waals surface area contributed by atoms with Crippen LogP contribution in [-0.2, 0) is 9.84 Å². The van der Waals surface area contributed by atoms with Crippen molar-refractivity contribution < 1.29 is 13.2 Å². The van der Waals surface area contributed by atoms with Crippen molar-refractivity contribution in [3.05, 3.63) is 29.8 Å². The maximum absolute atomic E-state index is 12.7. The molecule has 1 aliphatic rings. The van der Waals surface area contributed by atoms with E-state index in [-0.39, 0.29) is 40.6 Å². The van der Waals surface area contributed by atoms with Crippen LogP contribution in [0.5, 0.6) is 0 Å².